The predicted octanol–water partition coefficient (Wildman–Crippen LogP) is 6.10. The quantitative estimate of drug-likeness (QED) is 0.0937. The van der Waals surface area contributed by atoms with Crippen LogP contribution < -0.4 is 20.9 Å². The fourth-order valence-electron chi connectivity index (χ4n) is 7.55. The molecule has 7 rings (SSSR count). The van der Waals surface area contributed by atoms with Gasteiger partial charge in [-0.15, -0.1) is 0 Å². The van der Waals surface area contributed by atoms with Gasteiger partial charge in [0.25, 0.3) is 0 Å². The van der Waals surface area contributed by atoms with Crippen molar-refractivity contribution in [1.29, 1.82) is 0 Å². The number of nitrogens with one attached hydrogen (secondary N) is 3. The number of likely N-dealkylation sites (tertiary alicyclic amines) is 1. The van der Waals surface area contributed by atoms with E-state index in [9.17, 15) is 19.8 Å². The van der Waals surface area contributed by atoms with Crippen molar-refractivity contribution < 1.29 is 24.5 Å². The van der Waals surface area contributed by atoms with Gasteiger partial charge in [0.05, 0.1) is 17.3 Å². The van der Waals surface area contributed by atoms with E-state index in [2.05, 4.69) is 32.7 Å². The monoisotopic (exact) mass is 688 g/mol. The molecule has 0 bridgehead atoms. The van der Waals surface area contributed by atoms with E-state index in [0.717, 1.165) is 67.0 Å². The lowest BCUT2D eigenvalue weighted by Crippen LogP contribution is -2.29. The number of aromatic amines is 1. The number of pyridine rings is 1. The van der Waals surface area contributed by atoms with Crippen LogP contribution in [0.3, 0.4) is 0 Å². The van der Waals surface area contributed by atoms with Crippen molar-refractivity contribution in [1.82, 2.24) is 15.2 Å². The molecule has 10 heteroatoms. The molecule has 51 heavy (non-hydrogen) atoms. The lowest BCUT2D eigenvalue weighted by molar-refractivity contribution is 0.105. The Morgan fingerprint density at radius 1 is 0.902 bits per heavy atom. The van der Waals surface area contributed by atoms with Crippen LogP contribution in [-0.2, 0) is 11.2 Å². The second kappa shape index (κ2) is 15.8. The van der Waals surface area contributed by atoms with Crippen LogP contribution in [0, 0.1) is 11.8 Å². The minimum atomic E-state index is -0.791. The van der Waals surface area contributed by atoms with Crippen molar-refractivity contribution in [3.05, 3.63) is 125 Å². The van der Waals surface area contributed by atoms with Crippen molar-refractivity contribution in [2.75, 3.05) is 44.6 Å². The number of benzene rings is 4. The first-order chi connectivity index (χ1) is 24.9. The van der Waals surface area contributed by atoms with Crippen molar-refractivity contribution >= 4 is 22.7 Å². The van der Waals surface area contributed by atoms with Gasteiger partial charge in [0, 0.05) is 43.2 Å². The number of hydrogen-bond donors (Lipinski definition) is 5. The zero-order valence-corrected chi connectivity index (χ0v) is 28.5. The molecule has 1 saturated carbocycles. The van der Waals surface area contributed by atoms with Crippen LogP contribution in [-0.4, -0.2) is 71.6 Å². The van der Waals surface area contributed by atoms with Gasteiger partial charge in [-0.25, -0.2) is 4.79 Å². The zero-order valence-electron chi connectivity index (χ0n) is 28.5. The predicted molar refractivity (Wildman–Crippen MR) is 198 cm³/mol. The Morgan fingerprint density at radius 2 is 1.65 bits per heavy atom. The lowest BCUT2D eigenvalue weighted by Gasteiger charge is -2.20. The number of para-hydroxylation sites is 1. The van der Waals surface area contributed by atoms with Gasteiger partial charge in [-0.2, -0.15) is 0 Å². The number of aliphatic hydroxyl groups excluding tert-OH is 1. The second-order valence-electron chi connectivity index (χ2n) is 13.6. The van der Waals surface area contributed by atoms with Gasteiger partial charge in [0.2, 0.25) is 5.56 Å². The van der Waals surface area contributed by atoms with Crippen LogP contribution >= 0.6 is 0 Å². The Hall–Kier alpha value is -5.16. The Labute approximate surface area is 297 Å². The Bertz CT molecular complexity index is 1990. The van der Waals surface area contributed by atoms with E-state index in [4.69, 9.17) is 9.47 Å². The molecule has 2 fully saturated rings. The number of aliphatic hydroxyl groups is 1. The summed E-state index contributed by atoms with van der Waals surface area (Å²) in [5.41, 5.74) is 4.59. The molecule has 2 aliphatic rings. The molecule has 10 nitrogen and oxygen atoms in total. The summed E-state index contributed by atoms with van der Waals surface area (Å²) in [6.45, 7) is 4.48. The largest absolute Gasteiger partial charge is 0.506 e. The fraction of sp³-hybridized carbons (Fsp3) is 0.317. The van der Waals surface area contributed by atoms with Crippen molar-refractivity contribution in [2.24, 2.45) is 11.8 Å². The highest BCUT2D eigenvalue weighted by Gasteiger charge is 2.42. The number of aromatic hydroxyl groups is 1. The van der Waals surface area contributed by atoms with Gasteiger partial charge in [0.1, 0.15) is 24.2 Å². The van der Waals surface area contributed by atoms with E-state index in [0.29, 0.717) is 48.0 Å². The lowest BCUT2D eigenvalue weighted by atomic mass is 10.0. The molecule has 1 aliphatic carbocycles. The number of hydrogen-bond acceptors (Lipinski definition) is 8. The van der Waals surface area contributed by atoms with Crippen LogP contribution in [0.4, 0.5) is 10.5 Å². The highest BCUT2D eigenvalue weighted by Crippen LogP contribution is 2.39. The van der Waals surface area contributed by atoms with E-state index in [1.807, 2.05) is 66.7 Å². The summed E-state index contributed by atoms with van der Waals surface area (Å²) in [5.74, 6) is 1.87. The summed E-state index contributed by atoms with van der Waals surface area (Å²) in [7, 11) is 0. The highest BCUT2D eigenvalue weighted by molar-refractivity contribution is 5.91. The minimum absolute atomic E-state index is 0.0250. The molecule has 264 valence electrons. The van der Waals surface area contributed by atoms with Gasteiger partial charge in [-0.1, -0.05) is 66.7 Å². The van der Waals surface area contributed by atoms with E-state index in [1.54, 1.807) is 12.1 Å². The summed E-state index contributed by atoms with van der Waals surface area (Å²) >= 11 is 0. The number of H-pyrrole nitrogens is 1. The average Bonchev–Trinajstić information content (AvgIpc) is 3.69. The smallest absolute Gasteiger partial charge is 0.411 e. The molecule has 5 aromatic rings. The number of nitrogens with zero attached hydrogens (tertiary/aromatic N) is 1. The molecule has 1 aromatic heterocycles. The minimum Gasteiger partial charge on any atom is -0.506 e. The third-order valence-corrected chi connectivity index (χ3v) is 10.1. The molecule has 5 N–H and O–H groups in total. The van der Waals surface area contributed by atoms with Gasteiger partial charge in [0.15, 0.2) is 0 Å². The molecular formula is C41H44N4O6. The molecule has 4 aromatic carbocycles. The molecule has 0 radical (unpaired) electrons. The second-order valence-corrected chi connectivity index (χ2v) is 13.6. The standard InChI is InChI=1S/C41H44N4O6/c46-37-16-14-34(35-15-17-39(48)44-40(35)37)38(47)24-42-19-18-27-10-12-31(13-11-27)50-21-20-45-25-29-22-32(23-30(29)26-45)51-41(49)43-36-9-5-4-8-33(36)28-6-2-1-3-7-28/h1-17,29-30,32,38,42,46-47H,18-26H2,(H,43,49)(H,44,48)/t29-,30+,32?,38-/m0/s1. The van der Waals surface area contributed by atoms with Crippen molar-refractivity contribution in [2.45, 2.75) is 31.5 Å². The summed E-state index contributed by atoms with van der Waals surface area (Å²) in [6, 6.07) is 32.1. The Kier molecular flexibility index (Phi) is 10.6. The number of carbonyl (C=O) groups is 1. The topological polar surface area (TPSA) is 136 Å². The zero-order chi connectivity index (χ0) is 35.2. The molecular weight excluding hydrogens is 644 g/mol. The number of rotatable bonds is 13. The number of fused-ring (bicyclic) bond motifs is 2. The summed E-state index contributed by atoms with van der Waals surface area (Å²) in [4.78, 5) is 29.6. The van der Waals surface area contributed by atoms with E-state index < -0.39 is 12.2 Å². The number of aromatic nitrogens is 1. The third-order valence-electron chi connectivity index (χ3n) is 10.1. The van der Waals surface area contributed by atoms with Crippen LogP contribution in [0.25, 0.3) is 22.0 Å². The maximum Gasteiger partial charge on any atom is 0.411 e. The van der Waals surface area contributed by atoms with Crippen molar-refractivity contribution in [3.63, 3.8) is 0 Å². The van der Waals surface area contributed by atoms with Gasteiger partial charge >= 0.3 is 6.09 Å². The van der Waals surface area contributed by atoms with Gasteiger partial charge in [-0.3, -0.25) is 15.0 Å². The van der Waals surface area contributed by atoms with E-state index >= 15 is 0 Å². The highest BCUT2D eigenvalue weighted by atomic mass is 16.6. The first-order valence-corrected chi connectivity index (χ1v) is 17.7. The maximum atomic E-state index is 12.8. The number of phenols is 1. The number of carbonyl (C=O) groups excluding carboxylic acids is 1. The normalized spacial score (nSPS) is 19.1. The summed E-state index contributed by atoms with van der Waals surface area (Å²) in [5, 5.41) is 27.7. The van der Waals surface area contributed by atoms with Crippen LogP contribution in [0.1, 0.15) is 30.1 Å². The van der Waals surface area contributed by atoms with Crippen LogP contribution in [0.15, 0.2) is 108 Å². The SMILES string of the molecule is O=C(Nc1ccccc1-c1ccccc1)OC1C[C@@H]2CN(CCOc3ccc(CCNC[C@H](O)c4ccc(O)c5[nH]c(=O)ccc45)cc3)C[C@@H]2C1. The van der Waals surface area contributed by atoms with E-state index in [1.165, 1.54) is 12.1 Å². The molecule has 1 saturated heterocycles. The molecule has 1 amide bonds. The number of ether oxygens (including phenoxy) is 2. The van der Waals surface area contributed by atoms with Gasteiger partial charge < -0.3 is 30.0 Å². The number of amides is 1. The van der Waals surface area contributed by atoms with E-state index in [-0.39, 0.29) is 17.4 Å². The van der Waals surface area contributed by atoms with Crippen LogP contribution in [0.5, 0.6) is 11.5 Å². The summed E-state index contributed by atoms with van der Waals surface area (Å²) < 4.78 is 11.9. The third kappa shape index (κ3) is 8.42. The Balaban J connectivity index is 0.789. The first kappa shape index (κ1) is 34.3. The summed E-state index contributed by atoms with van der Waals surface area (Å²) in [6.07, 6.45) is 1.32. The maximum absolute atomic E-state index is 12.8. The fourth-order valence-corrected chi connectivity index (χ4v) is 7.55. The first-order valence-electron chi connectivity index (χ1n) is 17.7. The molecule has 4 atom stereocenters. The van der Waals surface area contributed by atoms with Crippen LogP contribution in [0.2, 0.25) is 0 Å². The average molecular weight is 689 g/mol. The van der Waals surface area contributed by atoms with Crippen molar-refractivity contribution in [3.8, 4) is 22.6 Å². The van der Waals surface area contributed by atoms with Gasteiger partial charge in [-0.05, 0) is 84.7 Å². The molecule has 1 unspecified atom stereocenters. The number of phenolic OH excluding ortho intramolecular Hbond substituents is 1. The molecule has 2 heterocycles. The molecule has 1 aliphatic heterocycles. The molecule has 0 spiro atoms. The number of anilines is 1. The Morgan fingerprint density at radius 3 is 2.43 bits per heavy atom.